The molecule has 0 aromatic rings. The Bertz CT molecular complexity index is 242. The van der Waals surface area contributed by atoms with Gasteiger partial charge in [-0.25, -0.2) is 4.79 Å². The fourth-order valence-corrected chi connectivity index (χ4v) is 2.22. The van der Waals surface area contributed by atoms with Crippen LogP contribution < -0.4 is 0 Å². The molecule has 0 aromatic heterocycles. The van der Waals surface area contributed by atoms with E-state index in [1.165, 1.54) is 25.7 Å². The van der Waals surface area contributed by atoms with Crippen molar-refractivity contribution in [1.82, 2.24) is 0 Å². The van der Waals surface area contributed by atoms with Gasteiger partial charge in [0.2, 0.25) is 0 Å². The summed E-state index contributed by atoms with van der Waals surface area (Å²) in [6.07, 6.45) is 7.07. The SMILES string of the molecule is CCCCCCC(C)OCC1CCC(C(=O)O)O1. The number of hydrogen-bond acceptors (Lipinski definition) is 3. The Hall–Kier alpha value is -0.610. The summed E-state index contributed by atoms with van der Waals surface area (Å²) in [6.45, 7) is 4.81. The van der Waals surface area contributed by atoms with Crippen molar-refractivity contribution in [3.63, 3.8) is 0 Å². The molecule has 106 valence electrons. The van der Waals surface area contributed by atoms with Gasteiger partial charge in [-0.2, -0.15) is 0 Å². The van der Waals surface area contributed by atoms with Crippen LogP contribution in [0.3, 0.4) is 0 Å². The molecule has 0 aromatic carbocycles. The van der Waals surface area contributed by atoms with Gasteiger partial charge in [0.1, 0.15) is 0 Å². The average Bonchev–Trinajstić information content (AvgIpc) is 2.81. The van der Waals surface area contributed by atoms with E-state index >= 15 is 0 Å². The molecule has 1 heterocycles. The summed E-state index contributed by atoms with van der Waals surface area (Å²) in [5.41, 5.74) is 0. The standard InChI is InChI=1S/C14H26O4/c1-3-4-5-6-7-11(2)17-10-12-8-9-13(18-12)14(15)16/h11-13H,3-10H2,1-2H3,(H,15,16). The molecule has 4 nitrogen and oxygen atoms in total. The molecule has 3 unspecified atom stereocenters. The lowest BCUT2D eigenvalue weighted by atomic mass is 10.1. The van der Waals surface area contributed by atoms with Crippen molar-refractivity contribution in [1.29, 1.82) is 0 Å². The van der Waals surface area contributed by atoms with Crippen LogP contribution >= 0.6 is 0 Å². The number of aliphatic carboxylic acids is 1. The number of rotatable bonds is 9. The topological polar surface area (TPSA) is 55.8 Å². The van der Waals surface area contributed by atoms with Crippen molar-refractivity contribution in [2.75, 3.05) is 6.61 Å². The molecule has 3 atom stereocenters. The molecule has 1 N–H and O–H groups in total. The molecule has 1 rings (SSSR count). The molecule has 4 heteroatoms. The molecule has 0 aliphatic carbocycles. The molecule has 1 saturated heterocycles. The van der Waals surface area contributed by atoms with Crippen LogP contribution in [0.1, 0.15) is 58.8 Å². The third-order valence-electron chi connectivity index (χ3n) is 3.41. The summed E-state index contributed by atoms with van der Waals surface area (Å²) in [5, 5.41) is 8.81. The van der Waals surface area contributed by atoms with Crippen molar-refractivity contribution in [3.8, 4) is 0 Å². The van der Waals surface area contributed by atoms with E-state index < -0.39 is 12.1 Å². The van der Waals surface area contributed by atoms with Gasteiger partial charge >= 0.3 is 5.97 Å². The lowest BCUT2D eigenvalue weighted by Gasteiger charge is -2.16. The van der Waals surface area contributed by atoms with E-state index in [1.54, 1.807) is 0 Å². The highest BCUT2D eigenvalue weighted by Crippen LogP contribution is 2.20. The molecule has 0 bridgehead atoms. The molecular weight excluding hydrogens is 232 g/mol. The predicted molar refractivity (Wildman–Crippen MR) is 69.7 cm³/mol. The smallest absolute Gasteiger partial charge is 0.332 e. The summed E-state index contributed by atoms with van der Waals surface area (Å²) in [4.78, 5) is 10.7. The van der Waals surface area contributed by atoms with Crippen molar-refractivity contribution in [2.45, 2.75) is 77.1 Å². The highest BCUT2D eigenvalue weighted by Gasteiger charge is 2.30. The van der Waals surface area contributed by atoms with Crippen LogP contribution in [0, 0.1) is 0 Å². The van der Waals surface area contributed by atoms with E-state index in [4.69, 9.17) is 14.6 Å². The Kier molecular flexibility index (Phi) is 7.28. The first-order chi connectivity index (χ1) is 8.63. The van der Waals surface area contributed by atoms with Crippen molar-refractivity contribution < 1.29 is 19.4 Å². The van der Waals surface area contributed by atoms with Gasteiger partial charge in [-0.1, -0.05) is 32.6 Å². The maximum Gasteiger partial charge on any atom is 0.332 e. The highest BCUT2D eigenvalue weighted by molar-refractivity contribution is 5.72. The second kappa shape index (κ2) is 8.48. The summed E-state index contributed by atoms with van der Waals surface area (Å²) in [6, 6.07) is 0. The van der Waals surface area contributed by atoms with Crippen LogP contribution in [0.5, 0.6) is 0 Å². The van der Waals surface area contributed by atoms with Crippen LogP contribution in [-0.2, 0) is 14.3 Å². The van der Waals surface area contributed by atoms with Gasteiger partial charge in [-0.3, -0.25) is 0 Å². The summed E-state index contributed by atoms with van der Waals surface area (Å²) >= 11 is 0. The summed E-state index contributed by atoms with van der Waals surface area (Å²) in [5.74, 6) is -0.856. The van der Waals surface area contributed by atoms with Crippen molar-refractivity contribution in [2.24, 2.45) is 0 Å². The number of unbranched alkanes of at least 4 members (excludes halogenated alkanes) is 3. The fraction of sp³-hybridized carbons (Fsp3) is 0.929. The Morgan fingerprint density at radius 3 is 2.78 bits per heavy atom. The number of carboxylic acid groups (broad SMARTS) is 1. The minimum atomic E-state index is -0.856. The van der Waals surface area contributed by atoms with Crippen LogP contribution in [0.4, 0.5) is 0 Å². The zero-order chi connectivity index (χ0) is 13.4. The van der Waals surface area contributed by atoms with E-state index in [0.29, 0.717) is 13.0 Å². The van der Waals surface area contributed by atoms with Crippen LogP contribution in [0.15, 0.2) is 0 Å². The molecule has 1 fully saturated rings. The first-order valence-electron chi connectivity index (χ1n) is 7.13. The van der Waals surface area contributed by atoms with E-state index in [9.17, 15) is 4.79 Å². The minimum Gasteiger partial charge on any atom is -0.479 e. The fourth-order valence-electron chi connectivity index (χ4n) is 2.22. The summed E-state index contributed by atoms with van der Waals surface area (Å²) in [7, 11) is 0. The van der Waals surface area contributed by atoms with Crippen molar-refractivity contribution in [3.05, 3.63) is 0 Å². The highest BCUT2D eigenvalue weighted by atomic mass is 16.6. The predicted octanol–water partition coefficient (Wildman–Crippen LogP) is 2.99. The molecule has 18 heavy (non-hydrogen) atoms. The maximum absolute atomic E-state index is 10.7. The third kappa shape index (κ3) is 5.83. The molecule has 1 aliphatic rings. The lowest BCUT2D eigenvalue weighted by molar-refractivity contribution is -0.151. The Labute approximate surface area is 110 Å². The second-order valence-corrected chi connectivity index (χ2v) is 5.16. The summed E-state index contributed by atoms with van der Waals surface area (Å²) < 4.78 is 11.1. The molecule has 1 aliphatic heterocycles. The zero-order valence-corrected chi connectivity index (χ0v) is 11.6. The van der Waals surface area contributed by atoms with E-state index in [0.717, 1.165) is 12.8 Å². The number of hydrogen-bond donors (Lipinski definition) is 1. The molecule has 0 spiro atoms. The van der Waals surface area contributed by atoms with Gasteiger partial charge in [0.25, 0.3) is 0 Å². The lowest BCUT2D eigenvalue weighted by Crippen LogP contribution is -2.24. The first kappa shape index (κ1) is 15.4. The Morgan fingerprint density at radius 2 is 2.17 bits per heavy atom. The Balaban J connectivity index is 2.05. The average molecular weight is 258 g/mol. The minimum absolute atomic E-state index is 0.0378. The second-order valence-electron chi connectivity index (χ2n) is 5.16. The number of ether oxygens (including phenoxy) is 2. The normalized spacial score (nSPS) is 25.2. The number of carboxylic acids is 1. The maximum atomic E-state index is 10.7. The van der Waals surface area contributed by atoms with E-state index in [2.05, 4.69) is 13.8 Å². The van der Waals surface area contributed by atoms with Crippen LogP contribution in [0.2, 0.25) is 0 Å². The van der Waals surface area contributed by atoms with Gasteiger partial charge in [-0.15, -0.1) is 0 Å². The van der Waals surface area contributed by atoms with E-state index in [-0.39, 0.29) is 12.2 Å². The van der Waals surface area contributed by atoms with Gasteiger partial charge < -0.3 is 14.6 Å². The largest absolute Gasteiger partial charge is 0.479 e. The van der Waals surface area contributed by atoms with Gasteiger partial charge in [-0.05, 0) is 26.2 Å². The molecule has 0 amide bonds. The van der Waals surface area contributed by atoms with E-state index in [1.807, 2.05) is 0 Å². The third-order valence-corrected chi connectivity index (χ3v) is 3.41. The van der Waals surface area contributed by atoms with Crippen LogP contribution in [-0.4, -0.2) is 36.0 Å². The van der Waals surface area contributed by atoms with Gasteiger partial charge in [0, 0.05) is 0 Å². The molecular formula is C14H26O4. The first-order valence-corrected chi connectivity index (χ1v) is 7.13. The number of carbonyl (C=O) groups is 1. The molecule has 0 radical (unpaired) electrons. The quantitative estimate of drug-likeness (QED) is 0.646. The zero-order valence-electron chi connectivity index (χ0n) is 11.6. The van der Waals surface area contributed by atoms with Crippen molar-refractivity contribution >= 4 is 5.97 Å². The monoisotopic (exact) mass is 258 g/mol. The van der Waals surface area contributed by atoms with Gasteiger partial charge in [0.05, 0.1) is 18.8 Å². The van der Waals surface area contributed by atoms with Gasteiger partial charge in [0.15, 0.2) is 6.10 Å². The Morgan fingerprint density at radius 1 is 1.39 bits per heavy atom. The van der Waals surface area contributed by atoms with Crippen LogP contribution in [0.25, 0.3) is 0 Å². The molecule has 0 saturated carbocycles.